The van der Waals surface area contributed by atoms with Crippen molar-refractivity contribution in [3.05, 3.63) is 23.8 Å². The Morgan fingerprint density at radius 1 is 1.32 bits per heavy atom. The highest BCUT2D eigenvalue weighted by Crippen LogP contribution is 2.71. The van der Waals surface area contributed by atoms with Crippen LogP contribution in [0.25, 0.3) is 0 Å². The lowest BCUT2D eigenvalue weighted by Crippen LogP contribution is -2.64. The highest BCUT2D eigenvalue weighted by Gasteiger charge is 2.83. The maximum absolute atomic E-state index is 12.8. The fourth-order valence-electron chi connectivity index (χ4n) is 6.35. The van der Waals surface area contributed by atoms with Gasteiger partial charge in [-0.25, -0.2) is 4.79 Å². The Morgan fingerprint density at radius 3 is 2.71 bits per heavy atom. The van der Waals surface area contributed by atoms with Gasteiger partial charge in [-0.15, -0.1) is 0 Å². The highest BCUT2D eigenvalue weighted by atomic mass is 32.2. The maximum Gasteiger partial charge on any atom is 0.331 e. The number of carbonyl (C=O) groups is 2. The van der Waals surface area contributed by atoms with Gasteiger partial charge < -0.3 is 19.3 Å². The summed E-state index contributed by atoms with van der Waals surface area (Å²) >= 11 is 0. The number of rotatable bonds is 3. The average Bonchev–Trinajstić information content (AvgIpc) is 3.22. The van der Waals surface area contributed by atoms with E-state index >= 15 is 0 Å². The van der Waals surface area contributed by atoms with Crippen LogP contribution < -0.4 is 0 Å². The molecule has 0 aromatic rings. The van der Waals surface area contributed by atoms with Gasteiger partial charge in [-0.3, -0.25) is 9.00 Å². The first-order chi connectivity index (χ1) is 13.0. The van der Waals surface area contributed by atoms with Crippen molar-refractivity contribution >= 4 is 22.7 Å². The van der Waals surface area contributed by atoms with E-state index in [1.54, 1.807) is 0 Å². The summed E-state index contributed by atoms with van der Waals surface area (Å²) < 4.78 is 29.4. The van der Waals surface area contributed by atoms with E-state index in [0.29, 0.717) is 6.42 Å². The van der Waals surface area contributed by atoms with E-state index in [9.17, 15) is 18.9 Å². The van der Waals surface area contributed by atoms with Gasteiger partial charge in [-0.2, -0.15) is 0 Å². The zero-order valence-electron chi connectivity index (χ0n) is 16.3. The molecule has 5 aliphatic rings. The van der Waals surface area contributed by atoms with Crippen LogP contribution in [0.3, 0.4) is 0 Å². The van der Waals surface area contributed by atoms with Crippen LogP contribution in [-0.4, -0.2) is 62.8 Å². The zero-order chi connectivity index (χ0) is 20.3. The molecular formula is C20H24O7S. The minimum absolute atomic E-state index is 0.0613. The summed E-state index contributed by atoms with van der Waals surface area (Å²) in [6.45, 7) is 5.42. The molecule has 0 radical (unpaired) electrons. The van der Waals surface area contributed by atoms with Crippen LogP contribution in [0, 0.1) is 16.7 Å². The molecule has 9 atom stereocenters. The van der Waals surface area contributed by atoms with Gasteiger partial charge in [-0.05, 0) is 25.8 Å². The summed E-state index contributed by atoms with van der Waals surface area (Å²) in [5.41, 5.74) is -3.24. The number of allylic oxidation sites excluding steroid dienone is 2. The first-order valence-electron chi connectivity index (χ1n) is 9.49. The highest BCUT2D eigenvalue weighted by molar-refractivity contribution is 7.84. The van der Waals surface area contributed by atoms with E-state index in [4.69, 9.17) is 14.2 Å². The Balaban J connectivity index is 1.68. The molecule has 3 aliphatic heterocycles. The lowest BCUT2D eigenvalue weighted by molar-refractivity contribution is -0.167. The second kappa shape index (κ2) is 5.15. The Labute approximate surface area is 165 Å². The monoisotopic (exact) mass is 408 g/mol. The standard InChI is InChI=1S/C20H24O7S/c1-17-6-5-7-18(2)13(17)12(26-16(18)22)14-20(27-14)10(17)8-11(21)25-15(20)19(3,23)9-28(4)24/h5-6,8,12-15,23H,7,9H2,1-4H3/t12-,13+,14+,15-,17+,18-,19-,20-,28+/m1/s1. The van der Waals surface area contributed by atoms with Crippen molar-refractivity contribution < 1.29 is 33.1 Å². The topological polar surface area (TPSA) is 102 Å². The van der Waals surface area contributed by atoms with E-state index in [0.717, 1.165) is 5.57 Å². The van der Waals surface area contributed by atoms with Crippen LogP contribution in [0.5, 0.6) is 0 Å². The van der Waals surface area contributed by atoms with E-state index in [1.807, 2.05) is 26.0 Å². The quantitative estimate of drug-likeness (QED) is 0.415. The van der Waals surface area contributed by atoms with Gasteiger partial charge in [0.15, 0.2) is 11.7 Å². The number of epoxide rings is 1. The van der Waals surface area contributed by atoms with Crippen LogP contribution in [0.15, 0.2) is 23.8 Å². The maximum atomic E-state index is 12.8. The summed E-state index contributed by atoms with van der Waals surface area (Å²) in [6, 6.07) is 0. The molecule has 0 unspecified atom stereocenters. The van der Waals surface area contributed by atoms with Crippen molar-refractivity contribution in [2.45, 2.75) is 56.7 Å². The number of hydrogen-bond donors (Lipinski definition) is 1. The molecule has 0 amide bonds. The Morgan fingerprint density at radius 2 is 2.04 bits per heavy atom. The minimum atomic E-state index is -1.56. The van der Waals surface area contributed by atoms with Crippen molar-refractivity contribution in [3.8, 4) is 0 Å². The van der Waals surface area contributed by atoms with Crippen LogP contribution >= 0.6 is 0 Å². The molecule has 8 heteroatoms. The molecular weight excluding hydrogens is 384 g/mol. The largest absolute Gasteiger partial charge is 0.459 e. The van der Waals surface area contributed by atoms with Gasteiger partial charge in [0.05, 0.1) is 11.2 Å². The van der Waals surface area contributed by atoms with Gasteiger partial charge in [0.25, 0.3) is 0 Å². The Hall–Kier alpha value is -1.51. The van der Waals surface area contributed by atoms with E-state index in [-0.39, 0.29) is 17.6 Å². The molecule has 2 saturated heterocycles. The SMILES string of the molecule is C[S@](=O)C[C@@](C)(O)[C@H]1OC(=O)C=C2[C@]13O[C@H]3[C@@H]1OC(=O)[C@]3(C)CC=C[C@]2(C)[C@H]13. The van der Waals surface area contributed by atoms with Gasteiger partial charge in [0.1, 0.15) is 17.8 Å². The van der Waals surface area contributed by atoms with Crippen molar-refractivity contribution in [3.63, 3.8) is 0 Å². The van der Waals surface area contributed by atoms with Crippen molar-refractivity contribution in [1.82, 2.24) is 0 Å². The molecule has 1 saturated carbocycles. The first kappa shape index (κ1) is 18.5. The van der Waals surface area contributed by atoms with E-state index < -0.39 is 57.1 Å². The van der Waals surface area contributed by atoms with Gasteiger partial charge >= 0.3 is 11.9 Å². The molecule has 152 valence electrons. The van der Waals surface area contributed by atoms with Crippen LogP contribution in [0.1, 0.15) is 27.2 Å². The molecule has 3 fully saturated rings. The molecule has 1 N–H and O–H groups in total. The van der Waals surface area contributed by atoms with Crippen LogP contribution in [0.4, 0.5) is 0 Å². The molecule has 5 rings (SSSR count). The van der Waals surface area contributed by atoms with Crippen LogP contribution in [0.2, 0.25) is 0 Å². The van der Waals surface area contributed by atoms with Crippen LogP contribution in [-0.2, 0) is 34.6 Å². The van der Waals surface area contributed by atoms with Crippen molar-refractivity contribution in [2.24, 2.45) is 16.7 Å². The molecule has 0 bridgehead atoms. The van der Waals surface area contributed by atoms with Crippen molar-refractivity contribution in [1.29, 1.82) is 0 Å². The number of carbonyl (C=O) groups excluding carboxylic acids is 2. The van der Waals surface area contributed by atoms with E-state index in [2.05, 4.69) is 0 Å². The minimum Gasteiger partial charge on any atom is -0.459 e. The molecule has 1 spiro atoms. The predicted octanol–water partition coefficient (Wildman–Crippen LogP) is 0.633. The number of ether oxygens (including phenoxy) is 3. The summed E-state index contributed by atoms with van der Waals surface area (Å²) in [5.74, 6) is -1.05. The van der Waals surface area contributed by atoms with Gasteiger partial charge in [0, 0.05) is 34.5 Å². The predicted molar refractivity (Wildman–Crippen MR) is 98.5 cm³/mol. The van der Waals surface area contributed by atoms with Gasteiger partial charge in [-0.1, -0.05) is 19.1 Å². The number of hydrogen-bond acceptors (Lipinski definition) is 7. The lowest BCUT2D eigenvalue weighted by atomic mass is 9.49. The number of esters is 2. The molecule has 3 heterocycles. The first-order valence-corrected chi connectivity index (χ1v) is 11.2. The third-order valence-corrected chi connectivity index (χ3v) is 8.30. The lowest BCUT2D eigenvalue weighted by Gasteiger charge is -2.52. The smallest absolute Gasteiger partial charge is 0.331 e. The fourth-order valence-corrected chi connectivity index (χ4v) is 7.33. The Bertz CT molecular complexity index is 891. The Kier molecular flexibility index (Phi) is 3.40. The molecule has 7 nitrogen and oxygen atoms in total. The normalized spacial score (nSPS) is 51.0. The third-order valence-electron chi connectivity index (χ3n) is 7.31. The number of aliphatic hydroxyl groups is 1. The average molecular weight is 408 g/mol. The van der Waals surface area contributed by atoms with E-state index in [1.165, 1.54) is 19.3 Å². The fraction of sp³-hybridized carbons (Fsp3) is 0.700. The second-order valence-corrected chi connectivity index (χ2v) is 10.9. The second-order valence-electron chi connectivity index (χ2n) is 9.44. The zero-order valence-corrected chi connectivity index (χ0v) is 17.1. The number of fused-ring (bicyclic) bond motifs is 2. The summed E-state index contributed by atoms with van der Waals surface area (Å²) in [6.07, 6.45) is 5.51. The molecule has 0 aromatic heterocycles. The molecule has 2 aliphatic carbocycles. The van der Waals surface area contributed by atoms with Crippen molar-refractivity contribution in [2.75, 3.05) is 12.0 Å². The molecule has 28 heavy (non-hydrogen) atoms. The molecule has 0 aromatic carbocycles. The third kappa shape index (κ3) is 1.99. The summed E-state index contributed by atoms with van der Waals surface area (Å²) in [5, 5.41) is 11.1. The summed E-state index contributed by atoms with van der Waals surface area (Å²) in [7, 11) is -1.31. The van der Waals surface area contributed by atoms with Gasteiger partial charge in [0.2, 0.25) is 0 Å². The number of cyclic esters (lactones) is 1. The summed E-state index contributed by atoms with van der Waals surface area (Å²) in [4.78, 5) is 25.2.